The highest BCUT2D eigenvalue weighted by Gasteiger charge is 2.54. The molecule has 0 aliphatic carbocycles. The van der Waals surface area contributed by atoms with Crippen LogP contribution in [0.5, 0.6) is 0 Å². The van der Waals surface area contributed by atoms with E-state index in [9.17, 15) is 24.3 Å². The highest BCUT2D eigenvalue weighted by Crippen LogP contribution is 2.42. The molecule has 0 radical (unpaired) electrons. The van der Waals surface area contributed by atoms with Gasteiger partial charge in [0.05, 0.1) is 11.8 Å². The third-order valence-corrected chi connectivity index (χ3v) is 6.69. The number of carbonyl (C=O) groups is 4. The lowest BCUT2D eigenvalue weighted by molar-refractivity contribution is -0.144. The van der Waals surface area contributed by atoms with Gasteiger partial charge in [0.15, 0.2) is 6.73 Å². The third-order valence-electron chi connectivity index (χ3n) is 4.11. The minimum Gasteiger partial charge on any atom is -0.479 e. The van der Waals surface area contributed by atoms with E-state index in [1.54, 1.807) is 16.5 Å². The second-order valence-electron chi connectivity index (χ2n) is 5.87. The van der Waals surface area contributed by atoms with Crippen LogP contribution in [0.2, 0.25) is 0 Å². The van der Waals surface area contributed by atoms with Crippen LogP contribution in [0.25, 0.3) is 0 Å². The van der Waals surface area contributed by atoms with E-state index in [4.69, 9.17) is 16.2 Å². The molecule has 3 rings (SSSR count). The van der Waals surface area contributed by atoms with Crippen molar-refractivity contribution < 1.29 is 29.0 Å². The maximum Gasteiger partial charge on any atom is 0.406 e. The summed E-state index contributed by atoms with van der Waals surface area (Å²) >= 11 is 2.21. The Balaban J connectivity index is 1.64. The van der Waals surface area contributed by atoms with Crippen LogP contribution in [0, 0.1) is 0 Å². The molecule has 0 saturated carbocycles. The van der Waals surface area contributed by atoms with Crippen molar-refractivity contribution in [2.45, 2.75) is 28.1 Å². The third kappa shape index (κ3) is 3.70. The van der Waals surface area contributed by atoms with Crippen LogP contribution in [-0.4, -0.2) is 67.2 Å². The molecular formula is C14H17N5O6S2. The molecular weight excluding hydrogens is 398 g/mol. The van der Waals surface area contributed by atoms with E-state index in [0.29, 0.717) is 0 Å². The molecule has 1 fully saturated rings. The van der Waals surface area contributed by atoms with Crippen LogP contribution < -0.4 is 16.8 Å². The molecule has 0 bridgehead atoms. The Bertz CT molecular complexity index is 746. The number of nitrogens with two attached hydrogens (primary N) is 2. The number of hydrogen-bond donors (Lipinski definition) is 4. The molecule has 6 N–H and O–H groups in total. The number of aliphatic carboxylic acids is 1. The molecule has 27 heavy (non-hydrogen) atoms. The number of hydrogen-bond acceptors (Lipinski definition) is 9. The average Bonchev–Trinajstić information content (AvgIpc) is 3.05. The molecule has 3 unspecified atom stereocenters. The normalized spacial score (nSPS) is 31.3. The van der Waals surface area contributed by atoms with Gasteiger partial charge in [0.1, 0.15) is 11.4 Å². The Kier molecular flexibility index (Phi) is 5.26. The van der Waals surface area contributed by atoms with E-state index in [2.05, 4.69) is 5.32 Å². The Hall–Kier alpha value is -2.38. The van der Waals surface area contributed by atoms with Crippen molar-refractivity contribution in [2.75, 3.05) is 6.73 Å². The van der Waals surface area contributed by atoms with Gasteiger partial charge in [-0.15, -0.1) is 11.8 Å². The van der Waals surface area contributed by atoms with Crippen molar-refractivity contribution in [3.8, 4) is 0 Å². The lowest BCUT2D eigenvalue weighted by Gasteiger charge is -2.48. The van der Waals surface area contributed by atoms with Gasteiger partial charge in [-0.25, -0.2) is 9.59 Å². The van der Waals surface area contributed by atoms with E-state index in [-0.39, 0.29) is 24.4 Å². The van der Waals surface area contributed by atoms with Gasteiger partial charge in [-0.2, -0.15) is 0 Å². The Morgan fingerprint density at radius 2 is 2.11 bits per heavy atom. The number of amides is 3. The number of thioether (sulfide) groups is 2. The molecule has 3 amide bonds. The second kappa shape index (κ2) is 7.32. The van der Waals surface area contributed by atoms with Crippen molar-refractivity contribution in [3.05, 3.63) is 23.9 Å². The molecule has 0 spiro atoms. The number of β-lactam (4-membered cyclic amide) rings is 1. The largest absolute Gasteiger partial charge is 0.479 e. The quantitative estimate of drug-likeness (QED) is 0.392. The zero-order valence-corrected chi connectivity index (χ0v) is 15.4. The SMILES string of the molecule is NC(=O)OCN1C=CSC1CC(=O)NC1(C(=O)O)C=CN2C(=O)C(N)[C@H]2S1. The summed E-state index contributed by atoms with van der Waals surface area (Å²) in [7, 11) is 0. The topological polar surface area (TPSA) is 168 Å². The predicted molar refractivity (Wildman–Crippen MR) is 96.4 cm³/mol. The first-order valence-electron chi connectivity index (χ1n) is 7.73. The number of nitrogens with one attached hydrogen (secondary N) is 1. The number of primary amides is 1. The Labute approximate surface area is 162 Å². The number of ether oxygens (including phenoxy) is 1. The molecule has 146 valence electrons. The smallest absolute Gasteiger partial charge is 0.406 e. The summed E-state index contributed by atoms with van der Waals surface area (Å²) < 4.78 is 4.71. The number of carboxylic acids is 1. The van der Waals surface area contributed by atoms with Gasteiger partial charge in [0.2, 0.25) is 16.7 Å². The minimum atomic E-state index is -1.72. The fourth-order valence-electron chi connectivity index (χ4n) is 2.68. The van der Waals surface area contributed by atoms with Crippen molar-refractivity contribution >= 4 is 47.4 Å². The van der Waals surface area contributed by atoms with Crippen LogP contribution in [0.4, 0.5) is 4.79 Å². The predicted octanol–water partition coefficient (Wildman–Crippen LogP) is -1.07. The standard InChI is InChI=1S/C14H17N5O6S2/c15-9-10(21)19-2-1-14(12(22)23,27-11(9)19)17-7(20)5-8-18(3-4-26-8)6-25-13(16)24/h1-4,8-9,11H,5-6,15H2,(H2,16,24)(H,17,20)(H,22,23)/t8?,9?,11-,14?/m1/s1. The summed E-state index contributed by atoms with van der Waals surface area (Å²) in [4.78, 5) is 47.9. The summed E-state index contributed by atoms with van der Waals surface area (Å²) in [5.41, 5.74) is 10.6. The van der Waals surface area contributed by atoms with Crippen LogP contribution in [0.1, 0.15) is 6.42 Å². The van der Waals surface area contributed by atoms with Crippen LogP contribution in [-0.2, 0) is 19.1 Å². The second-order valence-corrected chi connectivity index (χ2v) is 8.32. The van der Waals surface area contributed by atoms with E-state index < -0.39 is 34.3 Å². The molecule has 4 atom stereocenters. The number of nitrogens with zero attached hydrogens (tertiary/aromatic N) is 2. The maximum absolute atomic E-state index is 12.5. The Morgan fingerprint density at radius 3 is 2.78 bits per heavy atom. The number of carbonyl (C=O) groups excluding carboxylic acids is 3. The van der Waals surface area contributed by atoms with E-state index in [0.717, 1.165) is 11.8 Å². The van der Waals surface area contributed by atoms with Crippen LogP contribution in [0.15, 0.2) is 23.9 Å². The molecule has 0 aromatic carbocycles. The van der Waals surface area contributed by atoms with Gasteiger partial charge in [-0.05, 0) is 11.5 Å². The van der Waals surface area contributed by atoms with E-state index in [1.165, 1.54) is 28.9 Å². The molecule has 0 aromatic rings. The highest BCUT2D eigenvalue weighted by atomic mass is 32.2. The number of rotatable bonds is 6. The van der Waals surface area contributed by atoms with Gasteiger partial charge in [-0.1, -0.05) is 11.8 Å². The first-order chi connectivity index (χ1) is 12.7. The van der Waals surface area contributed by atoms with Crippen molar-refractivity contribution in [1.82, 2.24) is 15.1 Å². The Morgan fingerprint density at radius 1 is 1.37 bits per heavy atom. The maximum atomic E-state index is 12.5. The lowest BCUT2D eigenvalue weighted by atomic mass is 10.1. The van der Waals surface area contributed by atoms with E-state index >= 15 is 0 Å². The van der Waals surface area contributed by atoms with Gasteiger partial charge in [-0.3, -0.25) is 9.59 Å². The number of carboxylic acid groups (broad SMARTS) is 1. The number of fused-ring (bicyclic) bond motifs is 1. The summed E-state index contributed by atoms with van der Waals surface area (Å²) in [6, 6.07) is -0.813. The van der Waals surface area contributed by atoms with Crippen molar-refractivity contribution in [3.63, 3.8) is 0 Å². The molecule has 3 aliphatic rings. The fourth-order valence-corrected chi connectivity index (χ4v) is 4.97. The first kappa shape index (κ1) is 19.4. The van der Waals surface area contributed by atoms with Gasteiger partial charge in [0.25, 0.3) is 0 Å². The van der Waals surface area contributed by atoms with E-state index in [1.807, 2.05) is 0 Å². The molecule has 3 aliphatic heterocycles. The van der Waals surface area contributed by atoms with Crippen molar-refractivity contribution in [1.29, 1.82) is 0 Å². The minimum absolute atomic E-state index is 0.0530. The molecule has 3 heterocycles. The van der Waals surface area contributed by atoms with Crippen molar-refractivity contribution in [2.24, 2.45) is 11.5 Å². The molecule has 13 heteroatoms. The zero-order valence-electron chi connectivity index (χ0n) is 13.8. The van der Waals surface area contributed by atoms with Gasteiger partial charge >= 0.3 is 12.1 Å². The first-order valence-corrected chi connectivity index (χ1v) is 9.55. The summed E-state index contributed by atoms with van der Waals surface area (Å²) in [6.07, 6.45) is 3.24. The average molecular weight is 415 g/mol. The zero-order chi connectivity index (χ0) is 19.8. The summed E-state index contributed by atoms with van der Waals surface area (Å²) in [6.45, 7) is -0.122. The molecule has 0 aromatic heterocycles. The fraction of sp³-hybridized carbons (Fsp3) is 0.429. The molecule has 11 nitrogen and oxygen atoms in total. The summed E-state index contributed by atoms with van der Waals surface area (Å²) in [5.74, 6) is -2.09. The monoisotopic (exact) mass is 415 g/mol. The highest BCUT2D eigenvalue weighted by molar-refractivity contribution is 8.03. The lowest BCUT2D eigenvalue weighted by Crippen LogP contribution is -2.69. The van der Waals surface area contributed by atoms with Gasteiger partial charge < -0.3 is 36.4 Å². The molecule has 1 saturated heterocycles. The van der Waals surface area contributed by atoms with Crippen LogP contribution in [0.3, 0.4) is 0 Å². The van der Waals surface area contributed by atoms with Gasteiger partial charge in [0, 0.05) is 12.4 Å². The summed E-state index contributed by atoms with van der Waals surface area (Å²) in [5, 5.41) is 12.9. The van der Waals surface area contributed by atoms with Crippen LogP contribution >= 0.6 is 23.5 Å².